The van der Waals surface area contributed by atoms with Gasteiger partial charge in [0.25, 0.3) is 0 Å². The van der Waals surface area contributed by atoms with E-state index in [4.69, 9.17) is 0 Å². The number of carbonyl (C=O) groups is 1. The quantitative estimate of drug-likeness (QED) is 0.898. The first-order valence-corrected chi connectivity index (χ1v) is 7.14. The van der Waals surface area contributed by atoms with E-state index < -0.39 is 0 Å². The summed E-state index contributed by atoms with van der Waals surface area (Å²) < 4.78 is 1.09. The van der Waals surface area contributed by atoms with Crippen LogP contribution in [-0.2, 0) is 11.3 Å². The number of hydrogen-bond donors (Lipinski definition) is 2. The van der Waals surface area contributed by atoms with Crippen molar-refractivity contribution in [1.82, 2.24) is 10.6 Å². The Labute approximate surface area is 108 Å². The number of amides is 1. The van der Waals surface area contributed by atoms with Gasteiger partial charge in [-0.25, -0.2) is 0 Å². The van der Waals surface area contributed by atoms with Crippen LogP contribution in [0.3, 0.4) is 0 Å². The Morgan fingerprint density at radius 1 is 1.56 bits per heavy atom. The van der Waals surface area contributed by atoms with E-state index in [0.717, 1.165) is 30.4 Å². The monoisotopic (exact) mass is 302 g/mol. The maximum absolute atomic E-state index is 11.8. The first-order valence-electron chi connectivity index (χ1n) is 5.47. The normalized spacial score (nSPS) is 17.3. The molecular formula is C11H15BrN2OS. The molecule has 1 aliphatic heterocycles. The molecule has 1 aliphatic rings. The van der Waals surface area contributed by atoms with E-state index >= 15 is 0 Å². The van der Waals surface area contributed by atoms with Crippen molar-refractivity contribution in [3.05, 3.63) is 20.8 Å². The molecule has 0 atom stereocenters. The number of thiophene rings is 1. The van der Waals surface area contributed by atoms with E-state index in [-0.39, 0.29) is 11.8 Å². The van der Waals surface area contributed by atoms with Crippen molar-refractivity contribution in [1.29, 1.82) is 0 Å². The van der Waals surface area contributed by atoms with Gasteiger partial charge < -0.3 is 10.6 Å². The minimum absolute atomic E-state index is 0.199. The third kappa shape index (κ3) is 3.30. The van der Waals surface area contributed by atoms with Crippen LogP contribution in [0.15, 0.2) is 15.9 Å². The number of piperidine rings is 1. The molecule has 0 saturated carbocycles. The Bertz CT molecular complexity index is 361. The molecule has 0 unspecified atom stereocenters. The Hall–Kier alpha value is -0.390. The summed E-state index contributed by atoms with van der Waals surface area (Å²) in [7, 11) is 0. The second-order valence-corrected chi connectivity index (χ2v) is 5.88. The van der Waals surface area contributed by atoms with Gasteiger partial charge in [0.2, 0.25) is 5.91 Å². The number of carbonyl (C=O) groups excluding carboxylic acids is 1. The summed E-state index contributed by atoms with van der Waals surface area (Å²) in [6, 6.07) is 2.05. The van der Waals surface area contributed by atoms with Crippen LogP contribution in [0.2, 0.25) is 0 Å². The highest BCUT2D eigenvalue weighted by Crippen LogP contribution is 2.19. The fraction of sp³-hybridized carbons (Fsp3) is 0.545. The first kappa shape index (κ1) is 12.1. The zero-order valence-electron chi connectivity index (χ0n) is 8.96. The molecule has 3 nitrogen and oxygen atoms in total. The summed E-state index contributed by atoms with van der Waals surface area (Å²) in [5.41, 5.74) is 0. The standard InChI is InChI=1S/C11H15BrN2OS/c12-9-5-10(16-7-9)6-14-11(15)8-1-3-13-4-2-8/h5,7-8,13H,1-4,6H2,(H,14,15). The SMILES string of the molecule is O=C(NCc1cc(Br)cs1)C1CCNCC1. The molecule has 5 heteroatoms. The van der Waals surface area contributed by atoms with E-state index in [1.165, 1.54) is 4.88 Å². The molecule has 0 spiro atoms. The van der Waals surface area contributed by atoms with E-state index in [9.17, 15) is 4.79 Å². The van der Waals surface area contributed by atoms with Crippen LogP contribution in [0.5, 0.6) is 0 Å². The maximum Gasteiger partial charge on any atom is 0.223 e. The van der Waals surface area contributed by atoms with Crippen molar-refractivity contribution < 1.29 is 4.79 Å². The van der Waals surface area contributed by atoms with Crippen molar-refractivity contribution in [3.8, 4) is 0 Å². The van der Waals surface area contributed by atoms with Gasteiger partial charge in [0, 0.05) is 20.6 Å². The molecule has 2 N–H and O–H groups in total. The van der Waals surface area contributed by atoms with Crippen LogP contribution in [0, 0.1) is 5.92 Å². The van der Waals surface area contributed by atoms with Crippen molar-refractivity contribution in [2.75, 3.05) is 13.1 Å². The van der Waals surface area contributed by atoms with Crippen LogP contribution in [0.1, 0.15) is 17.7 Å². The Balaban J connectivity index is 1.78. The summed E-state index contributed by atoms with van der Waals surface area (Å²) in [6.45, 7) is 2.57. The Morgan fingerprint density at radius 3 is 2.94 bits per heavy atom. The number of halogens is 1. The van der Waals surface area contributed by atoms with Crippen LogP contribution in [0.4, 0.5) is 0 Å². The molecule has 0 bridgehead atoms. The number of hydrogen-bond acceptors (Lipinski definition) is 3. The molecule has 1 saturated heterocycles. The average Bonchev–Trinajstić information content (AvgIpc) is 2.73. The summed E-state index contributed by atoms with van der Waals surface area (Å²) in [4.78, 5) is 13.0. The minimum atomic E-state index is 0.199. The largest absolute Gasteiger partial charge is 0.351 e. The van der Waals surface area contributed by atoms with Crippen molar-refractivity contribution in [2.24, 2.45) is 5.92 Å². The second-order valence-electron chi connectivity index (χ2n) is 3.97. The van der Waals surface area contributed by atoms with Gasteiger partial charge in [-0.2, -0.15) is 0 Å². The molecule has 0 radical (unpaired) electrons. The molecule has 2 heterocycles. The van der Waals surface area contributed by atoms with Crippen molar-refractivity contribution in [2.45, 2.75) is 19.4 Å². The highest BCUT2D eigenvalue weighted by atomic mass is 79.9. The minimum Gasteiger partial charge on any atom is -0.351 e. The Kier molecular flexibility index (Phi) is 4.37. The van der Waals surface area contributed by atoms with E-state index in [0.29, 0.717) is 6.54 Å². The predicted octanol–water partition coefficient (Wildman–Crippen LogP) is 2.13. The zero-order chi connectivity index (χ0) is 11.4. The van der Waals surface area contributed by atoms with Crippen LogP contribution >= 0.6 is 27.3 Å². The molecule has 0 aromatic carbocycles. The second kappa shape index (κ2) is 5.80. The van der Waals surface area contributed by atoms with Gasteiger partial charge in [-0.1, -0.05) is 0 Å². The molecule has 16 heavy (non-hydrogen) atoms. The smallest absolute Gasteiger partial charge is 0.223 e. The van der Waals surface area contributed by atoms with Crippen molar-refractivity contribution in [3.63, 3.8) is 0 Å². The topological polar surface area (TPSA) is 41.1 Å². The zero-order valence-corrected chi connectivity index (χ0v) is 11.4. The van der Waals surface area contributed by atoms with Gasteiger partial charge in [0.15, 0.2) is 0 Å². The molecule has 1 aromatic rings. The van der Waals surface area contributed by atoms with E-state index in [1.54, 1.807) is 11.3 Å². The van der Waals surface area contributed by atoms with E-state index in [2.05, 4.69) is 26.6 Å². The lowest BCUT2D eigenvalue weighted by molar-refractivity contribution is -0.125. The van der Waals surface area contributed by atoms with E-state index in [1.807, 2.05) is 11.4 Å². The number of rotatable bonds is 3. The molecule has 1 fully saturated rings. The Morgan fingerprint density at radius 2 is 2.31 bits per heavy atom. The van der Waals surface area contributed by atoms with Gasteiger partial charge in [0.1, 0.15) is 0 Å². The lowest BCUT2D eigenvalue weighted by Crippen LogP contribution is -2.37. The molecule has 0 aliphatic carbocycles. The van der Waals surface area contributed by atoms with Crippen LogP contribution in [-0.4, -0.2) is 19.0 Å². The van der Waals surface area contributed by atoms with Crippen LogP contribution in [0.25, 0.3) is 0 Å². The molecule has 88 valence electrons. The molecule has 1 aromatic heterocycles. The summed E-state index contributed by atoms with van der Waals surface area (Å²) >= 11 is 5.07. The van der Waals surface area contributed by atoms with Gasteiger partial charge in [-0.3, -0.25) is 4.79 Å². The maximum atomic E-state index is 11.8. The molecule has 1 amide bonds. The fourth-order valence-corrected chi connectivity index (χ4v) is 3.24. The molecular weight excluding hydrogens is 288 g/mol. The molecule has 2 rings (SSSR count). The summed E-state index contributed by atoms with van der Waals surface area (Å²) in [6.07, 6.45) is 1.92. The van der Waals surface area contributed by atoms with Gasteiger partial charge in [-0.15, -0.1) is 11.3 Å². The highest BCUT2D eigenvalue weighted by molar-refractivity contribution is 9.10. The van der Waals surface area contributed by atoms with Gasteiger partial charge >= 0.3 is 0 Å². The first-order chi connectivity index (χ1) is 7.75. The lowest BCUT2D eigenvalue weighted by Gasteiger charge is -2.21. The van der Waals surface area contributed by atoms with Crippen LogP contribution < -0.4 is 10.6 Å². The summed E-state index contributed by atoms with van der Waals surface area (Å²) in [5.74, 6) is 0.399. The fourth-order valence-electron chi connectivity index (χ4n) is 1.85. The summed E-state index contributed by atoms with van der Waals surface area (Å²) in [5, 5.41) is 8.30. The lowest BCUT2D eigenvalue weighted by atomic mass is 9.97. The van der Waals surface area contributed by atoms with Crippen molar-refractivity contribution >= 4 is 33.2 Å². The average molecular weight is 303 g/mol. The highest BCUT2D eigenvalue weighted by Gasteiger charge is 2.20. The van der Waals surface area contributed by atoms with Gasteiger partial charge in [-0.05, 0) is 47.9 Å². The third-order valence-electron chi connectivity index (χ3n) is 2.77. The van der Waals surface area contributed by atoms with Gasteiger partial charge in [0.05, 0.1) is 6.54 Å². The third-order valence-corrected chi connectivity index (χ3v) is 4.47. The predicted molar refractivity (Wildman–Crippen MR) is 69.5 cm³/mol. The number of nitrogens with one attached hydrogen (secondary N) is 2.